The Labute approximate surface area is 484 Å². The number of amides is 1. The second-order valence-electron chi connectivity index (χ2n) is 22.2. The molecule has 2 heterocycles. The molecule has 80 heavy (non-hydrogen) atoms. The maximum absolute atomic E-state index is 13.3. The van der Waals surface area contributed by atoms with Gasteiger partial charge in [0.1, 0.15) is 48.8 Å². The van der Waals surface area contributed by atoms with Crippen LogP contribution < -0.4 is 5.32 Å². The average molecular weight is 1130 g/mol. The van der Waals surface area contributed by atoms with Crippen molar-refractivity contribution in [1.29, 1.82) is 0 Å². The topological polar surface area (TPSA) is 228 Å². The molecule has 2 saturated heterocycles. The Balaban J connectivity index is 1.68. The first kappa shape index (κ1) is 73.3. The number of nitrogens with one attached hydrogen (secondary N) is 1. The summed E-state index contributed by atoms with van der Waals surface area (Å²) in [6.07, 6.45) is 51.9. The van der Waals surface area contributed by atoms with Crippen LogP contribution in [0.25, 0.3) is 0 Å². The van der Waals surface area contributed by atoms with Gasteiger partial charge in [-0.3, -0.25) is 4.79 Å². The number of rotatable bonds is 50. The molecule has 2 fully saturated rings. The van der Waals surface area contributed by atoms with Crippen molar-refractivity contribution in [2.24, 2.45) is 0 Å². The van der Waals surface area contributed by atoms with Gasteiger partial charge in [0.15, 0.2) is 12.6 Å². The minimum atomic E-state index is -1.79. The Hall–Kier alpha value is -2.83. The van der Waals surface area contributed by atoms with Crippen LogP contribution in [0.1, 0.15) is 232 Å². The Kier molecular flexibility index (Phi) is 46.4. The van der Waals surface area contributed by atoms with Crippen molar-refractivity contribution >= 4 is 5.91 Å². The van der Waals surface area contributed by atoms with Crippen molar-refractivity contribution in [3.05, 3.63) is 85.1 Å². The van der Waals surface area contributed by atoms with Crippen LogP contribution >= 0.6 is 0 Å². The molecule has 0 saturated carbocycles. The third-order valence-corrected chi connectivity index (χ3v) is 15.1. The lowest BCUT2D eigenvalue weighted by Gasteiger charge is -2.46. The van der Waals surface area contributed by atoms with E-state index in [2.05, 4.69) is 92.1 Å². The SMILES string of the molecule is CC/C=C\C/C=C\C/C=C\C/C=C\C/C=C\C/C=C\CCCCCCCCCCCCCCC(=O)NC(COC1OC(CO)C(OC2OC(CO)C(O)C(O)C2O)C(O)C1O)C(O)/C=C/CCCCCCCCCCCCCCC. The number of unbranched alkanes of at least 4 members (excludes halogenated alkanes) is 25. The van der Waals surface area contributed by atoms with Gasteiger partial charge in [-0.05, 0) is 70.6 Å². The average Bonchev–Trinajstić information content (AvgIpc) is 3.46. The van der Waals surface area contributed by atoms with Gasteiger partial charge < -0.3 is 65.1 Å². The van der Waals surface area contributed by atoms with Crippen molar-refractivity contribution in [3.8, 4) is 0 Å². The summed E-state index contributed by atoms with van der Waals surface area (Å²) in [6, 6.07) is -0.920. The van der Waals surface area contributed by atoms with Crippen molar-refractivity contribution < 1.29 is 64.6 Å². The predicted molar refractivity (Wildman–Crippen MR) is 323 cm³/mol. The van der Waals surface area contributed by atoms with Gasteiger partial charge in [-0.2, -0.15) is 0 Å². The lowest BCUT2D eigenvalue weighted by Crippen LogP contribution is -2.65. The molecule has 14 heteroatoms. The normalized spacial score (nSPS) is 24.8. The predicted octanol–water partition coefficient (Wildman–Crippen LogP) is 11.7. The molecule has 0 aliphatic carbocycles. The third-order valence-electron chi connectivity index (χ3n) is 15.1. The highest BCUT2D eigenvalue weighted by Gasteiger charge is 2.51. The molecular formula is C66H115NO13. The highest BCUT2D eigenvalue weighted by Crippen LogP contribution is 2.30. The smallest absolute Gasteiger partial charge is 0.220 e. The maximum Gasteiger partial charge on any atom is 0.220 e. The molecule has 462 valence electrons. The summed E-state index contributed by atoms with van der Waals surface area (Å²) in [4.78, 5) is 13.3. The minimum absolute atomic E-state index is 0.244. The van der Waals surface area contributed by atoms with Crippen LogP contribution in [0.5, 0.6) is 0 Å². The molecule has 2 rings (SSSR count). The van der Waals surface area contributed by atoms with Gasteiger partial charge in [-0.1, -0.05) is 240 Å². The number of carbonyl (C=O) groups is 1. The number of carbonyl (C=O) groups excluding carboxylic acids is 1. The van der Waals surface area contributed by atoms with E-state index in [0.29, 0.717) is 6.42 Å². The van der Waals surface area contributed by atoms with E-state index in [0.717, 1.165) is 83.5 Å². The summed E-state index contributed by atoms with van der Waals surface area (Å²) in [7, 11) is 0. The molecule has 2 aliphatic rings. The van der Waals surface area contributed by atoms with Crippen molar-refractivity contribution in [2.75, 3.05) is 19.8 Å². The maximum atomic E-state index is 13.3. The van der Waals surface area contributed by atoms with Gasteiger partial charge in [0.05, 0.1) is 32.0 Å². The Morgan fingerprint density at radius 3 is 1.32 bits per heavy atom. The van der Waals surface area contributed by atoms with E-state index in [1.807, 2.05) is 6.08 Å². The standard InChI is InChI=1S/C66H115NO13/c1-3-5-7-9-11-13-15-17-19-20-21-22-23-24-25-26-27-28-29-30-31-32-33-34-36-38-40-42-44-46-48-50-58(71)67-54(55(70)49-47-45-43-41-39-37-35-18-16-14-12-10-8-6-4-2)53-77-65-63(76)61(74)64(57(52-69)79-65)80-66-62(75)60(73)59(72)56(51-68)78-66/h5,7,11,13,17,19,21-22,24-25,27-28,47,49,54-57,59-66,68-70,72-76H,3-4,6,8-10,12,14-16,18,20,23,26,29-46,48,50-53H2,1-2H3,(H,67,71)/b7-5-,13-11-,19-17-,22-21-,25-24-,28-27-,49-47+. The van der Waals surface area contributed by atoms with Gasteiger partial charge in [0.2, 0.25) is 5.91 Å². The highest BCUT2D eigenvalue weighted by molar-refractivity contribution is 5.76. The second kappa shape index (κ2) is 50.7. The van der Waals surface area contributed by atoms with Gasteiger partial charge >= 0.3 is 0 Å². The number of hydrogen-bond acceptors (Lipinski definition) is 13. The summed E-state index contributed by atoms with van der Waals surface area (Å²) in [5, 5.41) is 87.2. The highest BCUT2D eigenvalue weighted by atomic mass is 16.7. The van der Waals surface area contributed by atoms with Crippen molar-refractivity contribution in [2.45, 2.75) is 306 Å². The number of allylic oxidation sites excluding steroid dienone is 13. The van der Waals surface area contributed by atoms with Crippen LogP contribution in [-0.2, 0) is 23.7 Å². The number of ether oxygens (including phenoxy) is 4. The molecule has 0 spiro atoms. The van der Waals surface area contributed by atoms with E-state index in [1.165, 1.54) is 122 Å². The third kappa shape index (κ3) is 35.3. The molecule has 12 unspecified atom stereocenters. The van der Waals surface area contributed by atoms with Crippen LogP contribution in [0.4, 0.5) is 0 Å². The first-order chi connectivity index (χ1) is 39.1. The molecular weight excluding hydrogens is 1010 g/mol. The molecule has 0 aromatic heterocycles. The number of aliphatic hydroxyl groups excluding tert-OH is 8. The van der Waals surface area contributed by atoms with E-state index >= 15 is 0 Å². The van der Waals surface area contributed by atoms with E-state index in [9.17, 15) is 45.6 Å². The summed E-state index contributed by atoms with van der Waals surface area (Å²) in [6.45, 7) is 2.68. The van der Waals surface area contributed by atoms with Gasteiger partial charge in [0.25, 0.3) is 0 Å². The van der Waals surface area contributed by atoms with Crippen LogP contribution in [0, 0.1) is 0 Å². The molecule has 0 aromatic rings. The van der Waals surface area contributed by atoms with Gasteiger partial charge in [-0.25, -0.2) is 0 Å². The molecule has 0 bridgehead atoms. The molecule has 1 amide bonds. The fraction of sp³-hybridized carbons (Fsp3) is 0.773. The zero-order valence-corrected chi connectivity index (χ0v) is 49.8. The molecule has 0 aromatic carbocycles. The Bertz CT molecular complexity index is 1660. The fourth-order valence-corrected chi connectivity index (χ4v) is 10.0. The summed E-state index contributed by atoms with van der Waals surface area (Å²) < 4.78 is 22.8. The van der Waals surface area contributed by atoms with Crippen LogP contribution in [0.15, 0.2) is 85.1 Å². The summed E-state index contributed by atoms with van der Waals surface area (Å²) >= 11 is 0. The first-order valence-electron chi connectivity index (χ1n) is 31.8. The van der Waals surface area contributed by atoms with Crippen LogP contribution in [0.3, 0.4) is 0 Å². The number of hydrogen-bond donors (Lipinski definition) is 9. The molecule has 2 aliphatic heterocycles. The number of aliphatic hydroxyl groups is 8. The zero-order valence-electron chi connectivity index (χ0n) is 49.8. The molecule has 9 N–H and O–H groups in total. The lowest BCUT2D eigenvalue weighted by atomic mass is 9.97. The quantitative estimate of drug-likeness (QED) is 0.0204. The van der Waals surface area contributed by atoms with Crippen LogP contribution in [0.2, 0.25) is 0 Å². The zero-order chi connectivity index (χ0) is 58.1. The lowest BCUT2D eigenvalue weighted by molar-refractivity contribution is -0.359. The molecule has 12 atom stereocenters. The van der Waals surface area contributed by atoms with E-state index in [-0.39, 0.29) is 18.9 Å². The van der Waals surface area contributed by atoms with Crippen molar-refractivity contribution in [3.63, 3.8) is 0 Å². The largest absolute Gasteiger partial charge is 0.394 e. The van der Waals surface area contributed by atoms with Crippen molar-refractivity contribution in [1.82, 2.24) is 5.32 Å². The van der Waals surface area contributed by atoms with E-state index in [4.69, 9.17) is 18.9 Å². The minimum Gasteiger partial charge on any atom is -0.394 e. The molecule has 14 nitrogen and oxygen atoms in total. The van der Waals surface area contributed by atoms with E-state index in [1.54, 1.807) is 6.08 Å². The summed E-state index contributed by atoms with van der Waals surface area (Å²) in [5.74, 6) is -0.244. The van der Waals surface area contributed by atoms with E-state index < -0.39 is 86.8 Å². The first-order valence-corrected chi connectivity index (χ1v) is 31.8. The monoisotopic (exact) mass is 1130 g/mol. The molecule has 0 radical (unpaired) electrons. The van der Waals surface area contributed by atoms with Gasteiger partial charge in [-0.15, -0.1) is 0 Å². The Morgan fingerprint density at radius 1 is 0.463 bits per heavy atom. The summed E-state index contributed by atoms with van der Waals surface area (Å²) in [5.41, 5.74) is 0. The van der Waals surface area contributed by atoms with Crippen LogP contribution in [-0.4, -0.2) is 140 Å². The fourth-order valence-electron chi connectivity index (χ4n) is 10.0. The Morgan fingerprint density at radius 2 is 0.863 bits per heavy atom. The van der Waals surface area contributed by atoms with Gasteiger partial charge in [0, 0.05) is 6.42 Å². The second-order valence-corrected chi connectivity index (χ2v) is 22.2.